The highest BCUT2D eigenvalue weighted by Crippen LogP contribution is 2.25. The normalized spacial score (nSPS) is 17.6. The zero-order chi connectivity index (χ0) is 15.4. The summed E-state index contributed by atoms with van der Waals surface area (Å²) in [5, 5.41) is 5.22. The van der Waals surface area contributed by atoms with E-state index in [2.05, 4.69) is 10.3 Å². The predicted octanol–water partition coefficient (Wildman–Crippen LogP) is 3.85. The van der Waals surface area contributed by atoms with E-state index < -0.39 is 0 Å². The summed E-state index contributed by atoms with van der Waals surface area (Å²) in [6, 6.07) is 6.14. The number of nitrogens with one attached hydrogen (secondary N) is 1. The van der Waals surface area contributed by atoms with Gasteiger partial charge in [-0.15, -0.1) is 11.3 Å². The van der Waals surface area contributed by atoms with Crippen LogP contribution in [0.25, 0.3) is 11.3 Å². The Morgan fingerprint density at radius 2 is 2.23 bits per heavy atom. The van der Waals surface area contributed by atoms with Gasteiger partial charge in [-0.3, -0.25) is 4.79 Å². The lowest BCUT2D eigenvalue weighted by Crippen LogP contribution is -2.15. The highest BCUT2D eigenvalue weighted by molar-refractivity contribution is 7.14. The molecule has 1 N–H and O–H groups in total. The van der Waals surface area contributed by atoms with Crippen LogP contribution >= 0.6 is 11.3 Å². The number of carbonyl (C=O) groups is 1. The van der Waals surface area contributed by atoms with E-state index in [1.54, 1.807) is 12.1 Å². The van der Waals surface area contributed by atoms with Crippen LogP contribution in [-0.2, 0) is 9.53 Å². The average molecular weight is 320 g/mol. The maximum absolute atomic E-state index is 12.9. The maximum Gasteiger partial charge on any atom is 0.226 e. The van der Waals surface area contributed by atoms with Crippen molar-refractivity contribution in [2.24, 2.45) is 0 Å². The van der Waals surface area contributed by atoms with Crippen LogP contribution in [0, 0.1) is 5.82 Å². The Balaban J connectivity index is 1.54. The number of thiazole rings is 1. The second kappa shape index (κ2) is 6.98. The van der Waals surface area contributed by atoms with Crippen LogP contribution in [0.4, 0.5) is 9.52 Å². The number of anilines is 1. The summed E-state index contributed by atoms with van der Waals surface area (Å²) in [4.78, 5) is 16.3. The summed E-state index contributed by atoms with van der Waals surface area (Å²) in [6.45, 7) is 0.805. The molecule has 2 heterocycles. The van der Waals surface area contributed by atoms with Crippen LogP contribution in [-0.4, -0.2) is 23.6 Å². The summed E-state index contributed by atoms with van der Waals surface area (Å²) in [5.41, 5.74) is 1.57. The standard InChI is InChI=1S/C16H17FN2O2S/c17-12-5-3-11(4-6-12)14-10-22-16(18-14)19-15(20)8-7-13-2-1-9-21-13/h3-6,10,13H,1-2,7-9H2,(H,18,19,20). The summed E-state index contributed by atoms with van der Waals surface area (Å²) in [5.74, 6) is -0.322. The molecule has 4 nitrogen and oxygen atoms in total. The second-order valence-corrected chi connectivity index (χ2v) is 6.12. The third kappa shape index (κ3) is 3.90. The van der Waals surface area contributed by atoms with E-state index in [4.69, 9.17) is 4.74 Å². The van der Waals surface area contributed by atoms with E-state index in [0.717, 1.165) is 37.1 Å². The molecule has 1 aromatic heterocycles. The van der Waals surface area contributed by atoms with E-state index in [1.165, 1.54) is 23.5 Å². The molecule has 1 unspecified atom stereocenters. The number of hydrogen-bond acceptors (Lipinski definition) is 4. The summed E-state index contributed by atoms with van der Waals surface area (Å²) < 4.78 is 18.4. The predicted molar refractivity (Wildman–Crippen MR) is 84.3 cm³/mol. The molecule has 1 fully saturated rings. The van der Waals surface area contributed by atoms with Crippen molar-refractivity contribution in [3.05, 3.63) is 35.5 Å². The van der Waals surface area contributed by atoms with E-state index >= 15 is 0 Å². The molecular formula is C16H17FN2O2S. The number of nitrogens with zero attached hydrogens (tertiary/aromatic N) is 1. The minimum absolute atomic E-state index is 0.0458. The van der Waals surface area contributed by atoms with Gasteiger partial charge in [0.2, 0.25) is 5.91 Å². The molecule has 0 radical (unpaired) electrons. The van der Waals surface area contributed by atoms with Gasteiger partial charge in [0, 0.05) is 24.0 Å². The SMILES string of the molecule is O=C(CCC1CCCO1)Nc1nc(-c2ccc(F)cc2)cs1. The molecule has 1 saturated heterocycles. The van der Waals surface area contributed by atoms with Gasteiger partial charge < -0.3 is 10.1 Å². The van der Waals surface area contributed by atoms with Crippen LogP contribution in [0.2, 0.25) is 0 Å². The van der Waals surface area contributed by atoms with Crippen molar-refractivity contribution in [3.8, 4) is 11.3 Å². The fourth-order valence-electron chi connectivity index (χ4n) is 2.43. The molecule has 116 valence electrons. The number of halogens is 1. The Hall–Kier alpha value is -1.79. The number of amides is 1. The Labute approximate surface area is 132 Å². The number of benzene rings is 1. The molecule has 0 bridgehead atoms. The van der Waals surface area contributed by atoms with Gasteiger partial charge in [-0.25, -0.2) is 9.37 Å². The molecule has 1 amide bonds. The number of carbonyl (C=O) groups excluding carboxylic acids is 1. The summed E-state index contributed by atoms with van der Waals surface area (Å²) >= 11 is 1.37. The Kier molecular flexibility index (Phi) is 4.80. The van der Waals surface area contributed by atoms with Crippen LogP contribution in [0.5, 0.6) is 0 Å². The molecule has 1 aliphatic heterocycles. The van der Waals surface area contributed by atoms with Gasteiger partial charge in [-0.1, -0.05) is 0 Å². The zero-order valence-electron chi connectivity index (χ0n) is 12.0. The zero-order valence-corrected chi connectivity index (χ0v) is 12.9. The topological polar surface area (TPSA) is 51.2 Å². The highest BCUT2D eigenvalue weighted by atomic mass is 32.1. The van der Waals surface area contributed by atoms with Crippen molar-refractivity contribution in [1.82, 2.24) is 4.98 Å². The van der Waals surface area contributed by atoms with Gasteiger partial charge in [-0.05, 0) is 43.5 Å². The molecule has 1 aliphatic rings. The average Bonchev–Trinajstić information content (AvgIpc) is 3.17. The fraction of sp³-hybridized carbons (Fsp3) is 0.375. The van der Waals surface area contributed by atoms with Crippen molar-refractivity contribution in [2.45, 2.75) is 31.8 Å². The first kappa shape index (κ1) is 15.1. The van der Waals surface area contributed by atoms with Gasteiger partial charge in [-0.2, -0.15) is 0 Å². The Morgan fingerprint density at radius 1 is 1.41 bits per heavy atom. The van der Waals surface area contributed by atoms with E-state index in [9.17, 15) is 9.18 Å². The number of aromatic nitrogens is 1. The van der Waals surface area contributed by atoms with Crippen molar-refractivity contribution in [3.63, 3.8) is 0 Å². The van der Waals surface area contributed by atoms with Gasteiger partial charge in [0.25, 0.3) is 0 Å². The Morgan fingerprint density at radius 3 is 2.95 bits per heavy atom. The van der Waals surface area contributed by atoms with E-state index in [-0.39, 0.29) is 17.8 Å². The molecule has 3 rings (SSSR count). The molecule has 0 aliphatic carbocycles. The van der Waals surface area contributed by atoms with Crippen LogP contribution in [0.1, 0.15) is 25.7 Å². The van der Waals surface area contributed by atoms with E-state index in [1.807, 2.05) is 5.38 Å². The molecule has 1 atom stereocenters. The molecule has 2 aromatic rings. The lowest BCUT2D eigenvalue weighted by molar-refractivity contribution is -0.116. The molecule has 0 saturated carbocycles. The number of hydrogen-bond donors (Lipinski definition) is 1. The van der Waals surface area contributed by atoms with Crippen LogP contribution in [0.15, 0.2) is 29.6 Å². The minimum Gasteiger partial charge on any atom is -0.378 e. The van der Waals surface area contributed by atoms with Crippen LogP contribution in [0.3, 0.4) is 0 Å². The fourth-order valence-corrected chi connectivity index (χ4v) is 3.17. The monoisotopic (exact) mass is 320 g/mol. The van der Waals surface area contributed by atoms with Crippen molar-refractivity contribution >= 4 is 22.4 Å². The lowest BCUT2D eigenvalue weighted by Gasteiger charge is -2.08. The van der Waals surface area contributed by atoms with Gasteiger partial charge in [0.05, 0.1) is 11.8 Å². The number of rotatable bonds is 5. The lowest BCUT2D eigenvalue weighted by atomic mass is 10.1. The van der Waals surface area contributed by atoms with Gasteiger partial charge >= 0.3 is 0 Å². The number of ether oxygens (including phenoxy) is 1. The third-order valence-electron chi connectivity index (χ3n) is 3.61. The van der Waals surface area contributed by atoms with Crippen molar-refractivity contribution in [2.75, 3.05) is 11.9 Å². The molecular weight excluding hydrogens is 303 g/mol. The van der Waals surface area contributed by atoms with Crippen molar-refractivity contribution in [1.29, 1.82) is 0 Å². The van der Waals surface area contributed by atoms with Crippen LogP contribution < -0.4 is 5.32 Å². The van der Waals surface area contributed by atoms with Gasteiger partial charge in [0.15, 0.2) is 5.13 Å². The quantitative estimate of drug-likeness (QED) is 0.910. The first-order chi connectivity index (χ1) is 10.7. The van der Waals surface area contributed by atoms with E-state index in [0.29, 0.717) is 11.6 Å². The molecule has 1 aromatic carbocycles. The summed E-state index contributed by atoms with van der Waals surface area (Å²) in [6.07, 6.45) is 3.54. The first-order valence-corrected chi connectivity index (χ1v) is 8.21. The molecule has 6 heteroatoms. The highest BCUT2D eigenvalue weighted by Gasteiger charge is 2.17. The molecule has 0 spiro atoms. The summed E-state index contributed by atoms with van der Waals surface area (Å²) in [7, 11) is 0. The smallest absolute Gasteiger partial charge is 0.226 e. The minimum atomic E-state index is -0.276. The second-order valence-electron chi connectivity index (χ2n) is 5.27. The maximum atomic E-state index is 12.9. The van der Waals surface area contributed by atoms with Crippen molar-refractivity contribution < 1.29 is 13.9 Å². The third-order valence-corrected chi connectivity index (χ3v) is 4.37. The Bertz CT molecular complexity index is 636. The first-order valence-electron chi connectivity index (χ1n) is 7.33. The van der Waals surface area contributed by atoms with Gasteiger partial charge in [0.1, 0.15) is 5.82 Å². The largest absolute Gasteiger partial charge is 0.378 e. The molecule has 22 heavy (non-hydrogen) atoms.